The molecular formula is C33H41N3O5S. The van der Waals surface area contributed by atoms with Gasteiger partial charge in [0, 0.05) is 12.6 Å². The maximum absolute atomic E-state index is 14.2. The zero-order valence-corrected chi connectivity index (χ0v) is 25.5. The number of methoxy groups -OCH3 is 1. The fourth-order valence-corrected chi connectivity index (χ4v) is 6.87. The molecule has 1 aliphatic rings. The molecule has 1 unspecified atom stereocenters. The van der Waals surface area contributed by atoms with Crippen LogP contribution in [0.4, 0.5) is 5.69 Å². The molecule has 8 nitrogen and oxygen atoms in total. The van der Waals surface area contributed by atoms with E-state index in [1.54, 1.807) is 41.3 Å². The molecular weight excluding hydrogens is 550 g/mol. The zero-order valence-electron chi connectivity index (χ0n) is 24.7. The molecule has 4 rings (SSSR count). The number of hydrogen-bond acceptors (Lipinski definition) is 5. The smallest absolute Gasteiger partial charge is 0.264 e. The van der Waals surface area contributed by atoms with Crippen LogP contribution in [0.15, 0.2) is 83.8 Å². The van der Waals surface area contributed by atoms with Crippen LogP contribution in [-0.4, -0.2) is 57.4 Å². The number of aryl methyl sites for hydroxylation is 1. The van der Waals surface area contributed by atoms with E-state index in [1.165, 1.54) is 19.2 Å². The van der Waals surface area contributed by atoms with Crippen LogP contribution in [0.1, 0.15) is 50.2 Å². The number of ether oxygens (including phenoxy) is 1. The third-order valence-corrected chi connectivity index (χ3v) is 9.59. The summed E-state index contributed by atoms with van der Waals surface area (Å²) in [6, 6.07) is 22.4. The average molecular weight is 592 g/mol. The Morgan fingerprint density at radius 3 is 2.24 bits per heavy atom. The highest BCUT2D eigenvalue weighted by molar-refractivity contribution is 7.92. The summed E-state index contributed by atoms with van der Waals surface area (Å²) in [6.45, 7) is 3.54. The molecule has 0 radical (unpaired) electrons. The molecule has 0 aliphatic heterocycles. The van der Waals surface area contributed by atoms with Gasteiger partial charge in [0.25, 0.3) is 10.0 Å². The number of carbonyl (C=O) groups excluding carboxylic acids is 2. The van der Waals surface area contributed by atoms with E-state index in [-0.39, 0.29) is 29.1 Å². The van der Waals surface area contributed by atoms with Gasteiger partial charge >= 0.3 is 0 Å². The minimum absolute atomic E-state index is 0.0636. The predicted octanol–water partition coefficient (Wildman–Crippen LogP) is 5.11. The fraction of sp³-hybridized carbons (Fsp3) is 0.394. The van der Waals surface area contributed by atoms with Crippen LogP contribution in [0.5, 0.6) is 5.75 Å². The van der Waals surface area contributed by atoms with Gasteiger partial charge in [-0.2, -0.15) is 0 Å². The summed E-state index contributed by atoms with van der Waals surface area (Å²) in [5.74, 6) is -0.333. The molecule has 42 heavy (non-hydrogen) atoms. The van der Waals surface area contributed by atoms with E-state index >= 15 is 0 Å². The average Bonchev–Trinajstić information content (AvgIpc) is 3.51. The van der Waals surface area contributed by atoms with Crippen molar-refractivity contribution in [2.45, 2.75) is 69.4 Å². The second-order valence-corrected chi connectivity index (χ2v) is 12.6. The quantitative estimate of drug-likeness (QED) is 0.298. The number of anilines is 1. The Bertz CT molecular complexity index is 1440. The van der Waals surface area contributed by atoms with Gasteiger partial charge in [-0.3, -0.25) is 13.9 Å². The van der Waals surface area contributed by atoms with Crippen LogP contribution in [0.3, 0.4) is 0 Å². The van der Waals surface area contributed by atoms with Crippen LogP contribution in [0.25, 0.3) is 0 Å². The normalized spacial score (nSPS) is 14.3. The molecule has 0 aromatic heterocycles. The van der Waals surface area contributed by atoms with Crippen molar-refractivity contribution in [3.63, 3.8) is 0 Å². The van der Waals surface area contributed by atoms with Crippen LogP contribution in [-0.2, 0) is 26.0 Å². The topological polar surface area (TPSA) is 96.0 Å². The molecule has 1 aliphatic carbocycles. The number of sulfonamides is 1. The van der Waals surface area contributed by atoms with Gasteiger partial charge in [-0.05, 0) is 62.4 Å². The maximum Gasteiger partial charge on any atom is 0.264 e. The van der Waals surface area contributed by atoms with Crippen molar-refractivity contribution in [1.82, 2.24) is 10.2 Å². The summed E-state index contributed by atoms with van der Waals surface area (Å²) in [7, 11) is -2.70. The molecule has 224 valence electrons. The molecule has 0 bridgehead atoms. The lowest BCUT2D eigenvalue weighted by Crippen LogP contribution is -2.54. The first-order valence-corrected chi connectivity index (χ1v) is 16.0. The van der Waals surface area contributed by atoms with Crippen LogP contribution in [0, 0.1) is 6.92 Å². The highest BCUT2D eigenvalue weighted by atomic mass is 32.2. The molecule has 3 aromatic carbocycles. The Labute approximate surface area is 249 Å². The molecule has 1 fully saturated rings. The maximum atomic E-state index is 14.2. The summed E-state index contributed by atoms with van der Waals surface area (Å²) >= 11 is 0. The van der Waals surface area contributed by atoms with Crippen LogP contribution < -0.4 is 14.4 Å². The monoisotopic (exact) mass is 591 g/mol. The van der Waals surface area contributed by atoms with Gasteiger partial charge in [0.15, 0.2) is 0 Å². The Hall–Kier alpha value is -3.85. The third-order valence-electron chi connectivity index (χ3n) is 7.81. The highest BCUT2D eigenvalue weighted by Gasteiger charge is 2.35. The van der Waals surface area contributed by atoms with E-state index in [2.05, 4.69) is 5.32 Å². The molecule has 1 saturated carbocycles. The van der Waals surface area contributed by atoms with E-state index in [1.807, 2.05) is 44.2 Å². The Balaban J connectivity index is 1.70. The minimum atomic E-state index is -4.17. The molecule has 0 heterocycles. The molecule has 3 aromatic rings. The van der Waals surface area contributed by atoms with Crippen molar-refractivity contribution in [3.8, 4) is 5.75 Å². The van der Waals surface area contributed by atoms with E-state index in [4.69, 9.17) is 4.74 Å². The van der Waals surface area contributed by atoms with Crippen molar-refractivity contribution in [1.29, 1.82) is 0 Å². The molecule has 1 atom stereocenters. The van der Waals surface area contributed by atoms with Crippen LogP contribution >= 0.6 is 0 Å². The Morgan fingerprint density at radius 2 is 1.60 bits per heavy atom. The summed E-state index contributed by atoms with van der Waals surface area (Å²) < 4.78 is 34.8. The second-order valence-electron chi connectivity index (χ2n) is 10.7. The lowest BCUT2D eigenvalue weighted by molar-refractivity contribution is -0.139. The number of amides is 2. The number of hydrogen-bond donors (Lipinski definition) is 1. The molecule has 9 heteroatoms. The van der Waals surface area contributed by atoms with Crippen molar-refractivity contribution < 1.29 is 22.7 Å². The van der Waals surface area contributed by atoms with Crippen LogP contribution in [0.2, 0.25) is 0 Å². The molecule has 0 spiro atoms. The lowest BCUT2D eigenvalue weighted by Gasteiger charge is -2.34. The predicted molar refractivity (Wildman–Crippen MR) is 165 cm³/mol. The van der Waals surface area contributed by atoms with E-state index in [0.29, 0.717) is 18.6 Å². The Morgan fingerprint density at radius 1 is 0.952 bits per heavy atom. The van der Waals surface area contributed by atoms with Gasteiger partial charge in [-0.15, -0.1) is 0 Å². The van der Waals surface area contributed by atoms with Gasteiger partial charge in [0.2, 0.25) is 11.8 Å². The number of benzene rings is 3. The number of para-hydroxylation sites is 2. The summed E-state index contributed by atoms with van der Waals surface area (Å²) in [5.41, 5.74) is 2.19. The van der Waals surface area contributed by atoms with Crippen molar-refractivity contribution >= 4 is 27.5 Å². The number of nitrogens with zero attached hydrogens (tertiary/aromatic N) is 2. The van der Waals surface area contributed by atoms with Gasteiger partial charge in [0.1, 0.15) is 18.3 Å². The molecule has 0 saturated heterocycles. The molecule has 2 amide bonds. The number of nitrogens with one attached hydrogen (secondary N) is 1. The second kappa shape index (κ2) is 14.4. The van der Waals surface area contributed by atoms with Crippen molar-refractivity contribution in [2.75, 3.05) is 24.5 Å². The largest absolute Gasteiger partial charge is 0.495 e. The zero-order chi connectivity index (χ0) is 30.1. The van der Waals surface area contributed by atoms with Crippen molar-refractivity contribution in [3.05, 3.63) is 90.0 Å². The van der Waals surface area contributed by atoms with Gasteiger partial charge in [-0.1, -0.05) is 79.9 Å². The number of carbonyl (C=O) groups is 2. The van der Waals surface area contributed by atoms with E-state index in [0.717, 1.165) is 41.1 Å². The lowest BCUT2D eigenvalue weighted by atomic mass is 10.1. The van der Waals surface area contributed by atoms with Gasteiger partial charge in [-0.25, -0.2) is 8.42 Å². The first kappa shape index (κ1) is 31.1. The van der Waals surface area contributed by atoms with Gasteiger partial charge < -0.3 is 15.0 Å². The third kappa shape index (κ3) is 7.50. The summed E-state index contributed by atoms with van der Waals surface area (Å²) in [4.78, 5) is 29.4. The van der Waals surface area contributed by atoms with E-state index < -0.39 is 28.5 Å². The number of rotatable bonds is 13. The highest BCUT2D eigenvalue weighted by Crippen LogP contribution is 2.32. The van der Waals surface area contributed by atoms with Crippen molar-refractivity contribution in [2.24, 2.45) is 0 Å². The first-order chi connectivity index (χ1) is 20.2. The summed E-state index contributed by atoms with van der Waals surface area (Å²) in [6.07, 6.45) is 4.93. The first-order valence-electron chi connectivity index (χ1n) is 14.6. The Kier molecular flexibility index (Phi) is 10.6. The fourth-order valence-electron chi connectivity index (χ4n) is 5.45. The SMILES string of the molecule is CCC(C(=O)NC1CCCC1)N(CCc1ccccc1)C(=O)CN(c1ccccc1OC)S(=O)(=O)c1ccc(C)cc1. The standard InChI is InChI=1S/C33H41N3O5S/c1-4-29(33(38)34-27-14-8-9-15-27)35(23-22-26-12-6-5-7-13-26)32(37)24-36(30-16-10-11-17-31(30)41-3)42(39,40)28-20-18-25(2)19-21-28/h5-7,10-13,16-21,27,29H,4,8-9,14-15,22-24H2,1-3H3,(H,34,38). The molecule has 1 N–H and O–H groups in total. The van der Waals surface area contributed by atoms with Gasteiger partial charge in [0.05, 0.1) is 17.7 Å². The summed E-state index contributed by atoms with van der Waals surface area (Å²) in [5, 5.41) is 3.14. The minimum Gasteiger partial charge on any atom is -0.495 e. The van der Waals surface area contributed by atoms with E-state index in [9.17, 15) is 18.0 Å².